The highest BCUT2D eigenvalue weighted by molar-refractivity contribution is 7.92. The van der Waals surface area contributed by atoms with E-state index in [1.165, 1.54) is 0 Å². The molecule has 0 aromatic heterocycles. The first-order valence-corrected chi connectivity index (χ1v) is 4.29. The van der Waals surface area contributed by atoms with E-state index >= 15 is 0 Å². The summed E-state index contributed by atoms with van der Waals surface area (Å²) in [6.45, 7) is 1.87. The maximum atomic E-state index is 10.8. The highest BCUT2D eigenvalue weighted by Crippen LogP contribution is 1.84. The molecule has 0 bridgehead atoms. The molecule has 0 rings (SSSR count). The lowest BCUT2D eigenvalue weighted by atomic mass is 11.0. The van der Waals surface area contributed by atoms with Crippen LogP contribution in [0, 0.1) is 0 Å². The molecule has 0 aliphatic carbocycles. The zero-order valence-corrected chi connectivity index (χ0v) is 5.79. The van der Waals surface area contributed by atoms with Gasteiger partial charge in [-0.3, -0.25) is 4.21 Å². The number of hydrogen-bond acceptors (Lipinski definition) is 2. The van der Waals surface area contributed by atoms with E-state index < -0.39 is 9.73 Å². The molecule has 0 aromatic carbocycles. The van der Waals surface area contributed by atoms with Gasteiger partial charge < -0.3 is 0 Å². The van der Waals surface area contributed by atoms with Crippen LogP contribution in [0.25, 0.3) is 0 Å². The van der Waals surface area contributed by atoms with Crippen LogP contribution in [0.1, 0.15) is 6.92 Å². The first-order valence-electron chi connectivity index (χ1n) is 2.20. The second-order valence-corrected chi connectivity index (χ2v) is 4.29. The lowest BCUT2D eigenvalue weighted by molar-refractivity contribution is 0.681. The Bertz CT molecular complexity index is 144. The molecule has 0 fully saturated rings. The topological polar surface area (TPSA) is 29.4 Å². The van der Waals surface area contributed by atoms with Gasteiger partial charge in [0, 0.05) is 28.8 Å². The molecular weight excluding hydrogens is 110 g/mol. The zero-order valence-electron chi connectivity index (χ0n) is 4.97. The quantitative estimate of drug-likeness (QED) is 0.503. The Morgan fingerprint density at radius 3 is 2.14 bits per heavy atom. The summed E-state index contributed by atoms with van der Waals surface area (Å²) in [7, 11) is -0.193. The molecule has 0 aliphatic rings. The summed E-state index contributed by atoms with van der Waals surface area (Å²) >= 11 is 0. The Labute approximate surface area is 45.1 Å². The number of nitrogens with zero attached hydrogens (tertiary/aromatic N) is 1. The third-order valence-corrected chi connectivity index (χ3v) is 2.77. The maximum Gasteiger partial charge on any atom is 0.0433 e. The highest BCUT2D eigenvalue weighted by atomic mass is 32.2. The smallest absolute Gasteiger partial charge is 0.0433 e. The number of hydrogen-bond donors (Lipinski definition) is 0. The minimum absolute atomic E-state index is 0.656. The van der Waals surface area contributed by atoms with Crippen molar-refractivity contribution in [3.63, 3.8) is 0 Å². The van der Waals surface area contributed by atoms with E-state index in [1.54, 1.807) is 13.3 Å². The van der Waals surface area contributed by atoms with Crippen molar-refractivity contribution >= 4 is 9.73 Å². The van der Waals surface area contributed by atoms with E-state index in [0.717, 1.165) is 0 Å². The van der Waals surface area contributed by atoms with Gasteiger partial charge in [0.05, 0.1) is 0 Å². The fourth-order valence-electron chi connectivity index (χ4n) is 0.129. The Morgan fingerprint density at radius 1 is 1.71 bits per heavy atom. The third kappa shape index (κ3) is 2.62. The summed E-state index contributed by atoms with van der Waals surface area (Å²) in [6, 6.07) is 0. The van der Waals surface area contributed by atoms with E-state index in [1.807, 2.05) is 6.92 Å². The van der Waals surface area contributed by atoms with Gasteiger partial charge in [-0.05, 0) is 0 Å². The van der Waals surface area contributed by atoms with Gasteiger partial charge >= 0.3 is 0 Å². The second kappa shape index (κ2) is 2.31. The Morgan fingerprint density at radius 2 is 2.14 bits per heavy atom. The van der Waals surface area contributed by atoms with Gasteiger partial charge in [-0.25, -0.2) is 4.36 Å². The van der Waals surface area contributed by atoms with E-state index in [-0.39, 0.29) is 0 Å². The van der Waals surface area contributed by atoms with Gasteiger partial charge in [0.15, 0.2) is 0 Å². The predicted molar refractivity (Wildman–Crippen MR) is 33.0 cm³/mol. The lowest BCUT2D eigenvalue weighted by Gasteiger charge is -1.91. The van der Waals surface area contributed by atoms with Crippen LogP contribution in [0.2, 0.25) is 0 Å². The molecule has 0 spiro atoms. The van der Waals surface area contributed by atoms with Gasteiger partial charge in [-0.1, -0.05) is 6.92 Å². The van der Waals surface area contributed by atoms with Crippen molar-refractivity contribution in [1.29, 1.82) is 0 Å². The molecule has 44 valence electrons. The van der Waals surface area contributed by atoms with Gasteiger partial charge in [0.1, 0.15) is 0 Å². The van der Waals surface area contributed by atoms with Crippen LogP contribution < -0.4 is 0 Å². The minimum Gasteiger partial charge on any atom is -0.250 e. The van der Waals surface area contributed by atoms with E-state index in [0.29, 0.717) is 5.75 Å². The summed E-state index contributed by atoms with van der Waals surface area (Å²) < 4.78 is 14.4. The molecule has 0 unspecified atom stereocenters. The van der Waals surface area contributed by atoms with Crippen molar-refractivity contribution in [1.82, 2.24) is 0 Å². The van der Waals surface area contributed by atoms with E-state index in [4.69, 9.17) is 0 Å². The third-order valence-electron chi connectivity index (χ3n) is 0.922. The normalized spacial score (nSPS) is 18.1. The summed E-state index contributed by atoms with van der Waals surface area (Å²) in [6.07, 6.45) is 1.66. The van der Waals surface area contributed by atoms with Crippen molar-refractivity contribution in [3.05, 3.63) is 0 Å². The van der Waals surface area contributed by atoms with Gasteiger partial charge in [-0.2, -0.15) is 0 Å². The summed E-state index contributed by atoms with van der Waals surface area (Å²) in [5, 5.41) is 0. The van der Waals surface area contributed by atoms with E-state index in [2.05, 4.69) is 4.36 Å². The van der Waals surface area contributed by atoms with Crippen LogP contribution in [-0.2, 0) is 9.73 Å². The largest absolute Gasteiger partial charge is 0.250 e. The Kier molecular flexibility index (Phi) is 2.29. The second-order valence-electron chi connectivity index (χ2n) is 1.43. The molecule has 0 saturated heterocycles. The van der Waals surface area contributed by atoms with Crippen molar-refractivity contribution in [2.24, 2.45) is 4.36 Å². The van der Waals surface area contributed by atoms with Gasteiger partial charge in [-0.15, -0.1) is 0 Å². The van der Waals surface area contributed by atoms with Crippen LogP contribution >= 0.6 is 0 Å². The van der Waals surface area contributed by atoms with Crippen molar-refractivity contribution < 1.29 is 4.21 Å². The zero-order chi connectivity index (χ0) is 5.91. The molecule has 0 radical (unpaired) electrons. The predicted octanol–water partition coefficient (Wildman–Crippen LogP) is 0.734. The molecular formula is C4H11NOS. The fraction of sp³-hybridized carbons (Fsp3) is 1.00. The van der Waals surface area contributed by atoms with Crippen LogP contribution in [0.3, 0.4) is 0 Å². The molecule has 3 heteroatoms. The molecule has 0 aromatic rings. The SMILES string of the molecule is CC[S@](C)(=O)=NC. The number of rotatable bonds is 1. The molecule has 0 heterocycles. The fourth-order valence-corrected chi connectivity index (χ4v) is 0.387. The lowest BCUT2D eigenvalue weighted by Crippen LogP contribution is -1.97. The first kappa shape index (κ1) is 6.95. The average molecular weight is 121 g/mol. The molecule has 0 amide bonds. The van der Waals surface area contributed by atoms with Crippen LogP contribution in [0.4, 0.5) is 0 Å². The summed E-state index contributed by atoms with van der Waals surface area (Å²) in [5.74, 6) is 0.656. The molecule has 2 nitrogen and oxygen atoms in total. The molecule has 0 aliphatic heterocycles. The van der Waals surface area contributed by atoms with Gasteiger partial charge in [0.2, 0.25) is 0 Å². The standard InChI is InChI=1S/C4H11NOS/c1-4-7(3,6)5-2/h4H2,1-3H3/t7-/m0/s1. The van der Waals surface area contributed by atoms with Crippen LogP contribution in [0.5, 0.6) is 0 Å². The van der Waals surface area contributed by atoms with Crippen molar-refractivity contribution in [2.45, 2.75) is 6.92 Å². The average Bonchev–Trinajstić information content (AvgIpc) is 1.68. The Hall–Kier alpha value is -0.0500. The molecule has 1 atom stereocenters. The van der Waals surface area contributed by atoms with Crippen LogP contribution in [0.15, 0.2) is 4.36 Å². The van der Waals surface area contributed by atoms with Crippen LogP contribution in [-0.4, -0.2) is 23.3 Å². The molecule has 7 heavy (non-hydrogen) atoms. The van der Waals surface area contributed by atoms with Crippen molar-refractivity contribution in [2.75, 3.05) is 19.1 Å². The molecule has 0 saturated carbocycles. The first-order chi connectivity index (χ1) is 3.12. The summed E-state index contributed by atoms with van der Waals surface area (Å²) in [5.41, 5.74) is 0. The highest BCUT2D eigenvalue weighted by Gasteiger charge is 1.88. The Balaban J connectivity index is 4.17. The summed E-state index contributed by atoms with van der Waals surface area (Å²) in [4.78, 5) is 0. The van der Waals surface area contributed by atoms with Crippen molar-refractivity contribution in [3.8, 4) is 0 Å². The monoisotopic (exact) mass is 121 g/mol. The minimum atomic E-state index is -1.78. The molecule has 0 N–H and O–H groups in total. The van der Waals surface area contributed by atoms with Gasteiger partial charge in [0.25, 0.3) is 0 Å². The maximum absolute atomic E-state index is 10.8. The van der Waals surface area contributed by atoms with E-state index in [9.17, 15) is 4.21 Å².